The molecule has 1 atom stereocenters. The SMILES string of the molecule is COC(=O)C[C@@H](CCCCNC(=O)OC(C)(C)C)C(=O)O. The Morgan fingerprint density at radius 1 is 1.19 bits per heavy atom. The van der Waals surface area contributed by atoms with Gasteiger partial charge in [0.15, 0.2) is 0 Å². The minimum Gasteiger partial charge on any atom is -0.481 e. The molecular formula is C14H25NO6. The summed E-state index contributed by atoms with van der Waals surface area (Å²) in [7, 11) is 1.23. The summed E-state index contributed by atoms with van der Waals surface area (Å²) >= 11 is 0. The number of esters is 1. The van der Waals surface area contributed by atoms with E-state index in [1.165, 1.54) is 7.11 Å². The van der Waals surface area contributed by atoms with Crippen LogP contribution < -0.4 is 5.32 Å². The molecule has 7 nitrogen and oxygen atoms in total. The van der Waals surface area contributed by atoms with Crippen molar-refractivity contribution in [2.24, 2.45) is 5.92 Å². The Hall–Kier alpha value is -1.79. The van der Waals surface area contributed by atoms with Gasteiger partial charge in [-0.1, -0.05) is 6.42 Å². The number of nitrogens with one attached hydrogen (secondary N) is 1. The van der Waals surface area contributed by atoms with E-state index in [-0.39, 0.29) is 6.42 Å². The fraction of sp³-hybridized carbons (Fsp3) is 0.786. The molecule has 0 aromatic rings. The Kier molecular flexibility index (Phi) is 8.42. The topological polar surface area (TPSA) is 102 Å². The molecule has 0 aromatic heterocycles. The molecule has 0 aliphatic rings. The molecule has 0 radical (unpaired) electrons. The molecule has 0 fully saturated rings. The lowest BCUT2D eigenvalue weighted by Crippen LogP contribution is -2.33. The van der Waals surface area contributed by atoms with Gasteiger partial charge in [0.2, 0.25) is 0 Å². The molecular weight excluding hydrogens is 278 g/mol. The number of hydrogen-bond donors (Lipinski definition) is 2. The lowest BCUT2D eigenvalue weighted by Gasteiger charge is -2.19. The number of ether oxygens (including phenoxy) is 2. The molecule has 122 valence electrons. The number of methoxy groups -OCH3 is 1. The van der Waals surface area contributed by atoms with Crippen molar-refractivity contribution in [3.8, 4) is 0 Å². The van der Waals surface area contributed by atoms with Crippen molar-refractivity contribution in [3.05, 3.63) is 0 Å². The maximum Gasteiger partial charge on any atom is 0.407 e. The summed E-state index contributed by atoms with van der Waals surface area (Å²) < 4.78 is 9.53. The van der Waals surface area contributed by atoms with Gasteiger partial charge in [-0.25, -0.2) is 4.79 Å². The number of aliphatic carboxylic acids is 1. The van der Waals surface area contributed by atoms with Crippen molar-refractivity contribution in [1.29, 1.82) is 0 Å². The molecule has 0 aromatic carbocycles. The van der Waals surface area contributed by atoms with Gasteiger partial charge in [0, 0.05) is 6.54 Å². The minimum atomic E-state index is -1.01. The molecule has 0 aliphatic heterocycles. The molecule has 1 amide bonds. The first-order chi connectivity index (χ1) is 9.65. The largest absolute Gasteiger partial charge is 0.481 e. The van der Waals surface area contributed by atoms with Gasteiger partial charge < -0.3 is 19.9 Å². The van der Waals surface area contributed by atoms with Crippen molar-refractivity contribution in [3.63, 3.8) is 0 Å². The molecule has 2 N–H and O–H groups in total. The highest BCUT2D eigenvalue weighted by Crippen LogP contribution is 2.14. The van der Waals surface area contributed by atoms with Crippen LogP contribution in [-0.2, 0) is 19.1 Å². The molecule has 0 spiro atoms. The third kappa shape index (κ3) is 10.6. The van der Waals surface area contributed by atoms with E-state index in [0.717, 1.165) is 0 Å². The fourth-order valence-corrected chi connectivity index (χ4v) is 1.62. The van der Waals surface area contributed by atoms with Crippen LogP contribution in [0.2, 0.25) is 0 Å². The predicted molar refractivity (Wildman–Crippen MR) is 75.8 cm³/mol. The van der Waals surface area contributed by atoms with E-state index in [9.17, 15) is 14.4 Å². The molecule has 0 saturated heterocycles. The fourth-order valence-electron chi connectivity index (χ4n) is 1.62. The van der Waals surface area contributed by atoms with E-state index < -0.39 is 29.6 Å². The van der Waals surface area contributed by atoms with Gasteiger partial charge in [-0.3, -0.25) is 9.59 Å². The van der Waals surface area contributed by atoms with Crippen molar-refractivity contribution < 1.29 is 29.0 Å². The zero-order valence-corrected chi connectivity index (χ0v) is 13.1. The highest BCUT2D eigenvalue weighted by molar-refractivity contribution is 5.78. The summed E-state index contributed by atoms with van der Waals surface area (Å²) in [5.41, 5.74) is -0.543. The van der Waals surface area contributed by atoms with E-state index in [1.807, 2.05) is 0 Å². The number of hydrogen-bond acceptors (Lipinski definition) is 5. The number of unbranched alkanes of at least 4 members (excludes halogenated alkanes) is 1. The summed E-state index contributed by atoms with van der Waals surface area (Å²) in [6.45, 7) is 5.73. The average molecular weight is 303 g/mol. The maximum atomic E-state index is 11.4. The first-order valence-electron chi connectivity index (χ1n) is 6.92. The Labute approximate surface area is 125 Å². The Balaban J connectivity index is 3.88. The van der Waals surface area contributed by atoms with Crippen molar-refractivity contribution in [1.82, 2.24) is 5.32 Å². The second-order valence-electron chi connectivity index (χ2n) is 5.74. The van der Waals surface area contributed by atoms with Gasteiger partial charge in [-0.2, -0.15) is 0 Å². The minimum absolute atomic E-state index is 0.134. The number of alkyl carbamates (subject to hydrolysis) is 1. The van der Waals surface area contributed by atoms with Crippen LogP contribution in [0.5, 0.6) is 0 Å². The normalized spacial score (nSPS) is 12.4. The van der Waals surface area contributed by atoms with Crippen molar-refractivity contribution >= 4 is 18.0 Å². The van der Waals surface area contributed by atoms with Crippen LogP contribution in [0.15, 0.2) is 0 Å². The quantitative estimate of drug-likeness (QED) is 0.525. The summed E-state index contributed by atoms with van der Waals surface area (Å²) in [5, 5.41) is 11.6. The predicted octanol–water partition coefficient (Wildman–Crippen LogP) is 1.95. The Morgan fingerprint density at radius 2 is 1.81 bits per heavy atom. The summed E-state index contributed by atoms with van der Waals surface area (Å²) in [6, 6.07) is 0. The van der Waals surface area contributed by atoms with Crippen LogP contribution in [-0.4, -0.2) is 42.4 Å². The second-order valence-corrected chi connectivity index (χ2v) is 5.74. The van der Waals surface area contributed by atoms with E-state index in [2.05, 4.69) is 10.1 Å². The first-order valence-corrected chi connectivity index (χ1v) is 6.92. The molecule has 21 heavy (non-hydrogen) atoms. The van der Waals surface area contributed by atoms with E-state index in [0.29, 0.717) is 25.8 Å². The summed E-state index contributed by atoms with van der Waals surface area (Å²) in [4.78, 5) is 33.4. The van der Waals surface area contributed by atoms with Gasteiger partial charge in [0.05, 0.1) is 19.4 Å². The Morgan fingerprint density at radius 3 is 2.29 bits per heavy atom. The number of carboxylic acid groups (broad SMARTS) is 1. The molecule has 0 bridgehead atoms. The zero-order chi connectivity index (χ0) is 16.5. The van der Waals surface area contributed by atoms with Crippen LogP contribution in [0.25, 0.3) is 0 Å². The highest BCUT2D eigenvalue weighted by Gasteiger charge is 2.21. The van der Waals surface area contributed by atoms with Crippen molar-refractivity contribution in [2.75, 3.05) is 13.7 Å². The van der Waals surface area contributed by atoms with Crippen molar-refractivity contribution in [2.45, 2.75) is 52.1 Å². The van der Waals surface area contributed by atoms with Crippen LogP contribution >= 0.6 is 0 Å². The Bertz CT molecular complexity index is 361. The van der Waals surface area contributed by atoms with Gasteiger partial charge in [-0.05, 0) is 33.6 Å². The average Bonchev–Trinajstić information content (AvgIpc) is 2.34. The van der Waals surface area contributed by atoms with Crippen LogP contribution in [0, 0.1) is 5.92 Å². The highest BCUT2D eigenvalue weighted by atomic mass is 16.6. The molecule has 0 rings (SSSR count). The summed E-state index contributed by atoms with van der Waals surface area (Å²) in [6.07, 6.45) is 0.937. The third-order valence-electron chi connectivity index (χ3n) is 2.64. The van der Waals surface area contributed by atoms with Crippen LogP contribution in [0.4, 0.5) is 4.79 Å². The number of rotatable bonds is 8. The second kappa shape index (κ2) is 9.20. The van der Waals surface area contributed by atoms with Gasteiger partial charge >= 0.3 is 18.0 Å². The molecule has 0 saturated carbocycles. The first kappa shape index (κ1) is 19.2. The lowest BCUT2D eigenvalue weighted by molar-refractivity contribution is -0.150. The third-order valence-corrected chi connectivity index (χ3v) is 2.64. The van der Waals surface area contributed by atoms with Gasteiger partial charge in [-0.15, -0.1) is 0 Å². The molecule has 7 heteroatoms. The monoisotopic (exact) mass is 303 g/mol. The lowest BCUT2D eigenvalue weighted by atomic mass is 9.98. The number of amides is 1. The van der Waals surface area contributed by atoms with E-state index in [1.54, 1.807) is 20.8 Å². The number of carboxylic acids is 1. The zero-order valence-electron chi connectivity index (χ0n) is 13.1. The van der Waals surface area contributed by atoms with Gasteiger partial charge in [0.1, 0.15) is 5.60 Å². The molecule has 0 unspecified atom stereocenters. The van der Waals surface area contributed by atoms with Crippen LogP contribution in [0.3, 0.4) is 0 Å². The van der Waals surface area contributed by atoms with E-state index in [4.69, 9.17) is 9.84 Å². The maximum absolute atomic E-state index is 11.4. The van der Waals surface area contributed by atoms with Crippen LogP contribution in [0.1, 0.15) is 46.5 Å². The van der Waals surface area contributed by atoms with E-state index >= 15 is 0 Å². The van der Waals surface area contributed by atoms with Gasteiger partial charge in [0.25, 0.3) is 0 Å². The summed E-state index contributed by atoms with van der Waals surface area (Å²) in [5.74, 6) is -2.30. The standard InChI is InChI=1S/C14H25NO6/c1-14(2,3)21-13(19)15-8-6-5-7-10(12(17)18)9-11(16)20-4/h10H,5-9H2,1-4H3,(H,15,19)(H,17,18)/t10-/m1/s1. The smallest absolute Gasteiger partial charge is 0.407 e. The number of carbonyl (C=O) groups is 3. The molecule has 0 heterocycles. The molecule has 0 aliphatic carbocycles. The number of carbonyl (C=O) groups excluding carboxylic acids is 2.